The molecule has 2 nitrogen and oxygen atoms in total. The van der Waals surface area contributed by atoms with Gasteiger partial charge in [-0.25, -0.2) is 0 Å². The zero-order valence-electron chi connectivity index (χ0n) is 11.1. The molecular weight excluding hydrogens is 198 g/mol. The van der Waals surface area contributed by atoms with Crippen molar-refractivity contribution in [2.45, 2.75) is 76.5 Å². The lowest BCUT2D eigenvalue weighted by molar-refractivity contribution is -0.0889. The molecule has 2 aliphatic rings. The number of aliphatic hydroxyl groups is 1. The van der Waals surface area contributed by atoms with Crippen LogP contribution in [0.15, 0.2) is 0 Å². The van der Waals surface area contributed by atoms with E-state index in [1.807, 2.05) is 0 Å². The second-order valence-corrected chi connectivity index (χ2v) is 6.47. The van der Waals surface area contributed by atoms with Crippen LogP contribution < -0.4 is 0 Å². The molecule has 2 bridgehead atoms. The van der Waals surface area contributed by atoms with Crippen LogP contribution in [-0.4, -0.2) is 34.7 Å². The Balaban J connectivity index is 1.97. The number of hydrogen-bond acceptors (Lipinski definition) is 2. The van der Waals surface area contributed by atoms with Crippen LogP contribution in [0.25, 0.3) is 0 Å². The quantitative estimate of drug-likeness (QED) is 0.798. The van der Waals surface area contributed by atoms with Gasteiger partial charge >= 0.3 is 0 Å². The van der Waals surface area contributed by atoms with E-state index < -0.39 is 0 Å². The molecule has 2 fully saturated rings. The minimum absolute atomic E-state index is 0.355. The highest BCUT2D eigenvalue weighted by atomic mass is 16.3. The fourth-order valence-electron chi connectivity index (χ4n) is 3.51. The average molecular weight is 225 g/mol. The lowest BCUT2D eigenvalue weighted by Gasteiger charge is -2.51. The molecule has 1 N–H and O–H groups in total. The molecule has 2 heterocycles. The van der Waals surface area contributed by atoms with Crippen LogP contribution in [-0.2, 0) is 0 Å². The van der Waals surface area contributed by atoms with Crippen LogP contribution in [0.4, 0.5) is 0 Å². The number of piperidine rings is 2. The summed E-state index contributed by atoms with van der Waals surface area (Å²) in [6, 6.07) is 1.29. The van der Waals surface area contributed by atoms with E-state index >= 15 is 0 Å². The van der Waals surface area contributed by atoms with E-state index in [-0.39, 0.29) is 5.60 Å². The lowest BCUT2D eigenvalue weighted by atomic mass is 9.73. The first-order valence-corrected chi connectivity index (χ1v) is 6.94. The van der Waals surface area contributed by atoms with E-state index in [9.17, 15) is 5.11 Å². The molecular formula is C14H27NO. The molecule has 2 atom stereocenters. The Bertz CT molecular complexity index is 225. The van der Waals surface area contributed by atoms with Crippen LogP contribution in [0.1, 0.15) is 58.8 Å². The van der Waals surface area contributed by atoms with Crippen LogP contribution in [0.5, 0.6) is 0 Å². The summed E-state index contributed by atoms with van der Waals surface area (Å²) in [5.41, 5.74) is -0.355. The number of rotatable bonds is 3. The minimum Gasteiger partial charge on any atom is -0.390 e. The van der Waals surface area contributed by atoms with Crippen molar-refractivity contribution in [2.24, 2.45) is 5.92 Å². The molecule has 0 saturated carbocycles. The van der Waals surface area contributed by atoms with E-state index in [1.165, 1.54) is 25.7 Å². The summed E-state index contributed by atoms with van der Waals surface area (Å²) >= 11 is 0. The predicted octanol–water partition coefficient (Wildman–Crippen LogP) is 2.80. The summed E-state index contributed by atoms with van der Waals surface area (Å²) in [6.45, 7) is 4.50. The molecule has 2 unspecified atom stereocenters. The van der Waals surface area contributed by atoms with E-state index in [4.69, 9.17) is 0 Å². The summed E-state index contributed by atoms with van der Waals surface area (Å²) in [5, 5.41) is 10.7. The second-order valence-electron chi connectivity index (χ2n) is 6.47. The normalized spacial score (nSPS) is 40.3. The predicted molar refractivity (Wildman–Crippen MR) is 67.4 cm³/mol. The molecule has 2 heteroatoms. The van der Waals surface area contributed by atoms with E-state index in [2.05, 4.69) is 25.8 Å². The van der Waals surface area contributed by atoms with Gasteiger partial charge in [0.2, 0.25) is 0 Å². The van der Waals surface area contributed by atoms with Crippen molar-refractivity contribution in [3.05, 3.63) is 0 Å². The van der Waals surface area contributed by atoms with Gasteiger partial charge in [0.15, 0.2) is 0 Å². The van der Waals surface area contributed by atoms with Crippen LogP contribution in [0.3, 0.4) is 0 Å². The second kappa shape index (κ2) is 4.66. The molecule has 2 aliphatic heterocycles. The topological polar surface area (TPSA) is 23.5 Å². The van der Waals surface area contributed by atoms with Gasteiger partial charge < -0.3 is 10.0 Å². The maximum Gasteiger partial charge on any atom is 0.0677 e. The minimum atomic E-state index is -0.355. The average Bonchev–Trinajstić information content (AvgIpc) is 2.18. The molecule has 0 aliphatic carbocycles. The molecule has 94 valence electrons. The van der Waals surface area contributed by atoms with Gasteiger partial charge in [-0.05, 0) is 51.5 Å². The lowest BCUT2D eigenvalue weighted by Crippen LogP contribution is -2.56. The Morgan fingerprint density at radius 2 is 1.81 bits per heavy atom. The molecule has 2 saturated heterocycles. The van der Waals surface area contributed by atoms with Crippen molar-refractivity contribution in [1.82, 2.24) is 4.90 Å². The zero-order valence-corrected chi connectivity index (χ0v) is 11.1. The summed E-state index contributed by atoms with van der Waals surface area (Å²) in [7, 11) is 2.25. The van der Waals surface area contributed by atoms with Gasteiger partial charge in [0.25, 0.3) is 0 Å². The number of hydrogen-bond donors (Lipinski definition) is 1. The van der Waals surface area contributed by atoms with Crippen molar-refractivity contribution < 1.29 is 5.11 Å². The SMILES string of the molecule is CC(C)CCC1(O)CC2CCCC(C1)N2C. The summed E-state index contributed by atoms with van der Waals surface area (Å²) in [6.07, 6.45) is 8.12. The van der Waals surface area contributed by atoms with Crippen LogP contribution >= 0.6 is 0 Å². The first kappa shape index (κ1) is 12.4. The molecule has 0 spiro atoms. The third-order valence-corrected chi connectivity index (χ3v) is 4.64. The molecule has 0 aromatic heterocycles. The van der Waals surface area contributed by atoms with Gasteiger partial charge in [0, 0.05) is 12.1 Å². The Morgan fingerprint density at radius 3 is 2.31 bits per heavy atom. The molecule has 0 amide bonds. The Morgan fingerprint density at radius 1 is 1.25 bits per heavy atom. The molecule has 16 heavy (non-hydrogen) atoms. The van der Waals surface area contributed by atoms with E-state index in [0.29, 0.717) is 18.0 Å². The fourth-order valence-corrected chi connectivity index (χ4v) is 3.51. The largest absolute Gasteiger partial charge is 0.390 e. The van der Waals surface area contributed by atoms with Crippen LogP contribution in [0.2, 0.25) is 0 Å². The highest BCUT2D eigenvalue weighted by Crippen LogP contribution is 2.40. The smallest absolute Gasteiger partial charge is 0.0677 e. The van der Waals surface area contributed by atoms with E-state index in [0.717, 1.165) is 19.3 Å². The first-order valence-electron chi connectivity index (χ1n) is 6.94. The Hall–Kier alpha value is -0.0800. The molecule has 0 aromatic rings. The number of fused-ring (bicyclic) bond motifs is 2. The van der Waals surface area contributed by atoms with Crippen molar-refractivity contribution in [2.75, 3.05) is 7.05 Å². The summed E-state index contributed by atoms with van der Waals surface area (Å²) in [5.74, 6) is 0.712. The zero-order chi connectivity index (χ0) is 11.8. The standard InChI is InChI=1S/C14H27NO/c1-11(2)7-8-14(16)9-12-5-4-6-13(10-14)15(12)3/h11-13,16H,4-10H2,1-3H3. The third kappa shape index (κ3) is 2.60. The molecule has 0 aromatic carbocycles. The van der Waals surface area contributed by atoms with Gasteiger partial charge in [-0.2, -0.15) is 0 Å². The van der Waals surface area contributed by atoms with Gasteiger partial charge in [-0.3, -0.25) is 0 Å². The van der Waals surface area contributed by atoms with Crippen molar-refractivity contribution in [3.8, 4) is 0 Å². The number of nitrogens with zero attached hydrogens (tertiary/aromatic N) is 1. The highest BCUT2D eigenvalue weighted by Gasteiger charge is 2.43. The van der Waals surface area contributed by atoms with Crippen molar-refractivity contribution in [1.29, 1.82) is 0 Å². The summed E-state index contributed by atoms with van der Waals surface area (Å²) < 4.78 is 0. The first-order chi connectivity index (χ1) is 7.50. The maximum absolute atomic E-state index is 10.7. The Labute approximate surface area is 100 Å². The van der Waals surface area contributed by atoms with Gasteiger partial charge in [-0.1, -0.05) is 20.3 Å². The third-order valence-electron chi connectivity index (χ3n) is 4.64. The summed E-state index contributed by atoms with van der Waals surface area (Å²) in [4.78, 5) is 2.52. The molecule has 2 rings (SSSR count). The van der Waals surface area contributed by atoms with Crippen molar-refractivity contribution >= 4 is 0 Å². The molecule has 0 radical (unpaired) electrons. The van der Waals surface area contributed by atoms with E-state index in [1.54, 1.807) is 0 Å². The highest BCUT2D eigenvalue weighted by molar-refractivity contribution is 4.98. The van der Waals surface area contributed by atoms with Crippen LogP contribution in [0, 0.1) is 5.92 Å². The van der Waals surface area contributed by atoms with Gasteiger partial charge in [-0.15, -0.1) is 0 Å². The fraction of sp³-hybridized carbons (Fsp3) is 1.00. The monoisotopic (exact) mass is 225 g/mol. The van der Waals surface area contributed by atoms with Crippen molar-refractivity contribution in [3.63, 3.8) is 0 Å². The maximum atomic E-state index is 10.7. The van der Waals surface area contributed by atoms with Gasteiger partial charge in [0.05, 0.1) is 5.60 Å². The van der Waals surface area contributed by atoms with Gasteiger partial charge in [0.1, 0.15) is 0 Å². The Kier molecular flexibility index (Phi) is 3.60.